The Morgan fingerprint density at radius 3 is 2.63 bits per heavy atom. The average Bonchev–Trinajstić information content (AvgIpc) is 3.09. The quantitative estimate of drug-likeness (QED) is 0.401. The minimum atomic E-state index is 0.592. The lowest BCUT2D eigenvalue weighted by Crippen LogP contribution is -2.00. The first-order valence-corrected chi connectivity index (χ1v) is 10.2. The van der Waals surface area contributed by atoms with E-state index in [1.807, 2.05) is 49.4 Å². The summed E-state index contributed by atoms with van der Waals surface area (Å²) in [6.07, 6.45) is 0. The topological polar surface area (TPSA) is 52.3 Å². The monoisotopic (exact) mass is 440 g/mol. The SMILES string of the molecule is COc1ccccc1-c1cc(C)nc2nc(SCc3ccc(Br)cc3)nn12. The van der Waals surface area contributed by atoms with Crippen LogP contribution in [0.15, 0.2) is 64.2 Å². The lowest BCUT2D eigenvalue weighted by molar-refractivity contribution is 0.416. The molecule has 0 aliphatic rings. The van der Waals surface area contributed by atoms with Gasteiger partial charge in [0.1, 0.15) is 5.75 Å². The summed E-state index contributed by atoms with van der Waals surface area (Å²) in [6, 6.07) is 18.2. The van der Waals surface area contributed by atoms with Gasteiger partial charge in [0, 0.05) is 21.5 Å². The number of rotatable bonds is 5. The van der Waals surface area contributed by atoms with E-state index in [1.165, 1.54) is 5.56 Å². The third-order valence-corrected chi connectivity index (χ3v) is 5.52. The number of ether oxygens (including phenoxy) is 1. The van der Waals surface area contributed by atoms with Crippen molar-refractivity contribution in [3.8, 4) is 17.0 Å². The number of fused-ring (bicyclic) bond motifs is 1. The van der Waals surface area contributed by atoms with Gasteiger partial charge in [-0.25, -0.2) is 4.98 Å². The molecule has 0 N–H and O–H groups in total. The highest BCUT2D eigenvalue weighted by molar-refractivity contribution is 9.10. The normalized spacial score (nSPS) is 11.1. The molecule has 5 nitrogen and oxygen atoms in total. The number of hydrogen-bond donors (Lipinski definition) is 0. The summed E-state index contributed by atoms with van der Waals surface area (Å²) >= 11 is 5.06. The second-order valence-corrected chi connectivity index (χ2v) is 7.86. The molecule has 4 aromatic rings. The van der Waals surface area contributed by atoms with Crippen LogP contribution in [0.5, 0.6) is 5.75 Å². The van der Waals surface area contributed by atoms with Crippen LogP contribution >= 0.6 is 27.7 Å². The van der Waals surface area contributed by atoms with E-state index in [0.29, 0.717) is 10.9 Å². The van der Waals surface area contributed by atoms with Gasteiger partial charge in [-0.05, 0) is 42.8 Å². The summed E-state index contributed by atoms with van der Waals surface area (Å²) in [5.41, 5.74) is 3.99. The Labute approximate surface area is 169 Å². The number of aromatic nitrogens is 4. The van der Waals surface area contributed by atoms with Crippen molar-refractivity contribution in [1.29, 1.82) is 0 Å². The fourth-order valence-electron chi connectivity index (χ4n) is 2.81. The molecule has 0 aliphatic heterocycles. The van der Waals surface area contributed by atoms with Gasteiger partial charge in [0.15, 0.2) is 0 Å². The van der Waals surface area contributed by atoms with E-state index in [4.69, 9.17) is 4.74 Å². The van der Waals surface area contributed by atoms with Crippen molar-refractivity contribution in [2.75, 3.05) is 7.11 Å². The van der Waals surface area contributed by atoms with Crippen LogP contribution in [0.2, 0.25) is 0 Å². The van der Waals surface area contributed by atoms with Crippen LogP contribution in [0.1, 0.15) is 11.3 Å². The van der Waals surface area contributed by atoms with Gasteiger partial charge in [-0.1, -0.05) is 52.0 Å². The van der Waals surface area contributed by atoms with E-state index in [-0.39, 0.29) is 0 Å². The molecule has 0 radical (unpaired) electrons. The fourth-order valence-corrected chi connectivity index (χ4v) is 3.84. The zero-order valence-electron chi connectivity index (χ0n) is 14.9. The van der Waals surface area contributed by atoms with Crippen molar-refractivity contribution < 1.29 is 4.74 Å². The number of thioether (sulfide) groups is 1. The summed E-state index contributed by atoms with van der Waals surface area (Å²) in [5.74, 6) is 2.19. The Kier molecular flexibility index (Phi) is 5.13. The number of benzene rings is 2. The minimum absolute atomic E-state index is 0.592. The van der Waals surface area contributed by atoms with Gasteiger partial charge in [0.25, 0.3) is 5.78 Å². The van der Waals surface area contributed by atoms with Crippen LogP contribution in [-0.2, 0) is 5.75 Å². The first kappa shape index (κ1) is 18.0. The summed E-state index contributed by atoms with van der Waals surface area (Å²) in [7, 11) is 1.67. The standard InChI is InChI=1S/C20H17BrN4OS/c1-13-11-17(16-5-3-4-6-18(16)26-2)25-19(22-13)23-20(24-25)27-12-14-7-9-15(21)10-8-14/h3-11H,12H2,1-2H3. The van der Waals surface area contributed by atoms with Gasteiger partial charge in [-0.2, -0.15) is 9.50 Å². The molecule has 0 unspecified atom stereocenters. The van der Waals surface area contributed by atoms with Crippen LogP contribution in [0.25, 0.3) is 17.0 Å². The fraction of sp³-hybridized carbons (Fsp3) is 0.150. The molecule has 2 heterocycles. The van der Waals surface area contributed by atoms with Gasteiger partial charge >= 0.3 is 0 Å². The number of nitrogens with zero attached hydrogens (tertiary/aromatic N) is 4. The van der Waals surface area contributed by atoms with Crippen molar-refractivity contribution in [2.24, 2.45) is 0 Å². The van der Waals surface area contributed by atoms with E-state index >= 15 is 0 Å². The summed E-state index contributed by atoms with van der Waals surface area (Å²) in [6.45, 7) is 1.96. The number of halogens is 1. The minimum Gasteiger partial charge on any atom is -0.496 e. The summed E-state index contributed by atoms with van der Waals surface area (Å²) in [4.78, 5) is 9.14. The Morgan fingerprint density at radius 1 is 1.07 bits per heavy atom. The highest BCUT2D eigenvalue weighted by Crippen LogP contribution is 2.30. The molecule has 0 aliphatic carbocycles. The predicted octanol–water partition coefficient (Wildman–Crippen LogP) is 5.16. The maximum atomic E-state index is 5.52. The molecule has 0 fully saturated rings. The number of methoxy groups -OCH3 is 1. The maximum absolute atomic E-state index is 5.52. The second kappa shape index (κ2) is 7.70. The molecular weight excluding hydrogens is 424 g/mol. The average molecular weight is 441 g/mol. The van der Waals surface area contributed by atoms with Crippen molar-refractivity contribution >= 4 is 33.5 Å². The highest BCUT2D eigenvalue weighted by Gasteiger charge is 2.14. The molecule has 0 spiro atoms. The molecule has 136 valence electrons. The van der Waals surface area contributed by atoms with Gasteiger partial charge in [-0.3, -0.25) is 0 Å². The van der Waals surface area contributed by atoms with E-state index in [9.17, 15) is 0 Å². The van der Waals surface area contributed by atoms with E-state index in [1.54, 1.807) is 23.4 Å². The Balaban J connectivity index is 1.70. The van der Waals surface area contributed by atoms with Gasteiger partial charge in [0.2, 0.25) is 5.16 Å². The highest BCUT2D eigenvalue weighted by atomic mass is 79.9. The van der Waals surface area contributed by atoms with Crippen LogP contribution in [0.3, 0.4) is 0 Å². The van der Waals surface area contributed by atoms with Gasteiger partial charge in [0.05, 0.1) is 12.8 Å². The van der Waals surface area contributed by atoms with Gasteiger partial charge in [-0.15, -0.1) is 5.10 Å². The smallest absolute Gasteiger partial charge is 0.253 e. The van der Waals surface area contributed by atoms with Crippen molar-refractivity contribution in [3.05, 3.63) is 70.3 Å². The van der Waals surface area contributed by atoms with E-state index < -0.39 is 0 Å². The third-order valence-electron chi connectivity index (χ3n) is 4.08. The third kappa shape index (κ3) is 3.84. The lowest BCUT2D eigenvalue weighted by atomic mass is 10.1. The lowest BCUT2D eigenvalue weighted by Gasteiger charge is -2.09. The maximum Gasteiger partial charge on any atom is 0.253 e. The number of aryl methyl sites for hydroxylation is 1. The molecule has 4 rings (SSSR count). The molecular formula is C20H17BrN4OS. The van der Waals surface area contributed by atoms with Crippen molar-refractivity contribution in [1.82, 2.24) is 19.6 Å². The number of para-hydroxylation sites is 1. The van der Waals surface area contributed by atoms with Gasteiger partial charge < -0.3 is 4.74 Å². The molecule has 0 saturated carbocycles. The predicted molar refractivity (Wildman–Crippen MR) is 111 cm³/mol. The Hall–Kier alpha value is -2.38. The van der Waals surface area contributed by atoms with Crippen LogP contribution in [0, 0.1) is 6.92 Å². The van der Waals surface area contributed by atoms with Crippen molar-refractivity contribution in [2.45, 2.75) is 17.8 Å². The summed E-state index contributed by atoms with van der Waals surface area (Å²) < 4.78 is 8.38. The first-order valence-electron chi connectivity index (χ1n) is 8.39. The molecule has 0 saturated heterocycles. The van der Waals surface area contributed by atoms with E-state index in [0.717, 1.165) is 32.9 Å². The number of hydrogen-bond acceptors (Lipinski definition) is 5. The van der Waals surface area contributed by atoms with Crippen LogP contribution in [-0.4, -0.2) is 26.7 Å². The molecule has 0 bridgehead atoms. The largest absolute Gasteiger partial charge is 0.496 e. The second-order valence-electron chi connectivity index (χ2n) is 6.00. The van der Waals surface area contributed by atoms with E-state index in [2.05, 4.69) is 43.1 Å². The first-order chi connectivity index (χ1) is 13.1. The molecule has 0 amide bonds. The van der Waals surface area contributed by atoms with Crippen LogP contribution in [0.4, 0.5) is 0 Å². The Bertz CT molecular complexity index is 1100. The molecule has 2 aromatic carbocycles. The molecule has 0 atom stereocenters. The zero-order valence-corrected chi connectivity index (χ0v) is 17.3. The zero-order chi connectivity index (χ0) is 18.8. The van der Waals surface area contributed by atoms with Crippen molar-refractivity contribution in [3.63, 3.8) is 0 Å². The Morgan fingerprint density at radius 2 is 1.85 bits per heavy atom. The van der Waals surface area contributed by atoms with Crippen LogP contribution < -0.4 is 4.74 Å². The molecule has 7 heteroatoms. The molecule has 2 aromatic heterocycles. The molecule has 27 heavy (non-hydrogen) atoms. The summed E-state index contributed by atoms with van der Waals surface area (Å²) in [5, 5.41) is 5.38.